The van der Waals surface area contributed by atoms with E-state index in [2.05, 4.69) is 27.7 Å². The fraction of sp³-hybridized carbons (Fsp3) is 1.00. The molecule has 0 fully saturated rings. The third-order valence-corrected chi connectivity index (χ3v) is 1.87. The van der Waals surface area contributed by atoms with E-state index in [-0.39, 0.29) is 11.5 Å². The van der Waals surface area contributed by atoms with Crippen molar-refractivity contribution in [3.05, 3.63) is 0 Å². The Labute approximate surface area is 69.9 Å². The monoisotopic (exact) mass is 160 g/mol. The van der Waals surface area contributed by atoms with Crippen molar-refractivity contribution in [3.8, 4) is 0 Å². The Bertz CT molecular complexity index is 94.2. The Morgan fingerprint density at radius 3 is 2.09 bits per heavy atom. The Hall–Kier alpha value is -0.0800. The van der Waals surface area contributed by atoms with Gasteiger partial charge in [-0.05, 0) is 12.3 Å². The molecule has 68 valence electrons. The van der Waals surface area contributed by atoms with E-state index in [9.17, 15) is 0 Å². The largest absolute Gasteiger partial charge is 0.382 e. The number of ether oxygens (including phenoxy) is 2. The summed E-state index contributed by atoms with van der Waals surface area (Å²) in [6.07, 6.45) is 0.289. The van der Waals surface area contributed by atoms with Gasteiger partial charge in [0.1, 0.15) is 0 Å². The quantitative estimate of drug-likeness (QED) is 0.586. The van der Waals surface area contributed by atoms with Crippen LogP contribution in [-0.2, 0) is 9.47 Å². The molecule has 0 heterocycles. The highest BCUT2D eigenvalue weighted by Crippen LogP contribution is 2.21. The molecule has 1 atom stereocenters. The van der Waals surface area contributed by atoms with Crippen molar-refractivity contribution in [3.63, 3.8) is 0 Å². The Morgan fingerprint density at radius 2 is 1.73 bits per heavy atom. The second-order valence-corrected chi connectivity index (χ2v) is 3.87. The summed E-state index contributed by atoms with van der Waals surface area (Å²) in [5.74, 6) is 0. The molecule has 0 aliphatic carbocycles. The van der Waals surface area contributed by atoms with Crippen molar-refractivity contribution in [2.45, 2.75) is 33.8 Å². The fourth-order valence-electron chi connectivity index (χ4n) is 0.558. The topological polar surface area (TPSA) is 18.5 Å². The standard InChI is InChI=1S/C9H20O2/c1-8(9(2,3)4)11-7-6-10-5/h8H,6-7H2,1-5H3/t8-/m1/s1. The van der Waals surface area contributed by atoms with Crippen LogP contribution >= 0.6 is 0 Å². The second kappa shape index (κ2) is 4.73. The molecule has 11 heavy (non-hydrogen) atoms. The molecule has 0 aliphatic heterocycles. The Balaban J connectivity index is 3.44. The van der Waals surface area contributed by atoms with Crippen molar-refractivity contribution in [2.24, 2.45) is 5.41 Å². The van der Waals surface area contributed by atoms with E-state index in [1.807, 2.05) is 0 Å². The van der Waals surface area contributed by atoms with Crippen LogP contribution < -0.4 is 0 Å². The molecule has 0 aliphatic rings. The van der Waals surface area contributed by atoms with E-state index in [4.69, 9.17) is 9.47 Å². The molecular formula is C9H20O2. The highest BCUT2D eigenvalue weighted by Gasteiger charge is 2.19. The summed E-state index contributed by atoms with van der Waals surface area (Å²) in [6.45, 7) is 9.98. The van der Waals surface area contributed by atoms with Gasteiger partial charge in [0, 0.05) is 7.11 Å². The van der Waals surface area contributed by atoms with E-state index in [0.717, 1.165) is 0 Å². The first kappa shape index (κ1) is 10.9. The third kappa shape index (κ3) is 5.22. The summed E-state index contributed by atoms with van der Waals surface area (Å²) in [5.41, 5.74) is 0.230. The number of rotatable bonds is 4. The summed E-state index contributed by atoms with van der Waals surface area (Å²) in [4.78, 5) is 0. The van der Waals surface area contributed by atoms with Crippen LogP contribution in [0.1, 0.15) is 27.7 Å². The molecular weight excluding hydrogens is 140 g/mol. The average Bonchev–Trinajstić information content (AvgIpc) is 1.86. The van der Waals surface area contributed by atoms with Gasteiger partial charge in [0.25, 0.3) is 0 Å². The molecule has 0 aromatic rings. The van der Waals surface area contributed by atoms with Crippen molar-refractivity contribution in [1.29, 1.82) is 0 Å². The van der Waals surface area contributed by atoms with Crippen LogP contribution in [-0.4, -0.2) is 26.4 Å². The molecule has 2 nitrogen and oxygen atoms in total. The molecule has 0 aromatic carbocycles. The first-order valence-electron chi connectivity index (χ1n) is 4.09. The number of methoxy groups -OCH3 is 1. The van der Waals surface area contributed by atoms with Crippen LogP contribution in [0.25, 0.3) is 0 Å². The first-order valence-corrected chi connectivity index (χ1v) is 4.09. The highest BCUT2D eigenvalue weighted by molar-refractivity contribution is 4.69. The van der Waals surface area contributed by atoms with Crippen LogP contribution in [0.2, 0.25) is 0 Å². The lowest BCUT2D eigenvalue weighted by molar-refractivity contribution is -0.0261. The number of hydrogen-bond donors (Lipinski definition) is 0. The lowest BCUT2D eigenvalue weighted by Crippen LogP contribution is -2.27. The molecule has 0 N–H and O–H groups in total. The first-order chi connectivity index (χ1) is 4.98. The van der Waals surface area contributed by atoms with Gasteiger partial charge in [0.15, 0.2) is 0 Å². The Kier molecular flexibility index (Phi) is 4.69. The highest BCUT2D eigenvalue weighted by atomic mass is 16.5. The lowest BCUT2D eigenvalue weighted by Gasteiger charge is -2.27. The van der Waals surface area contributed by atoms with Crippen molar-refractivity contribution < 1.29 is 9.47 Å². The van der Waals surface area contributed by atoms with Crippen molar-refractivity contribution >= 4 is 0 Å². The molecule has 2 heteroatoms. The predicted octanol–water partition coefficient (Wildman–Crippen LogP) is 2.08. The SMILES string of the molecule is COCCO[C@H](C)C(C)(C)C. The molecule has 0 spiro atoms. The molecule has 0 rings (SSSR count). The fourth-order valence-corrected chi connectivity index (χ4v) is 0.558. The maximum atomic E-state index is 5.52. The molecule has 0 aromatic heterocycles. The van der Waals surface area contributed by atoms with Crippen molar-refractivity contribution in [2.75, 3.05) is 20.3 Å². The van der Waals surface area contributed by atoms with Gasteiger partial charge in [-0.1, -0.05) is 20.8 Å². The molecule has 0 saturated carbocycles. The third-order valence-electron chi connectivity index (χ3n) is 1.87. The predicted molar refractivity (Wildman–Crippen MR) is 46.7 cm³/mol. The Morgan fingerprint density at radius 1 is 1.18 bits per heavy atom. The second-order valence-electron chi connectivity index (χ2n) is 3.87. The van der Waals surface area contributed by atoms with E-state index >= 15 is 0 Å². The van der Waals surface area contributed by atoms with Crippen LogP contribution in [0.4, 0.5) is 0 Å². The van der Waals surface area contributed by atoms with Gasteiger partial charge in [-0.2, -0.15) is 0 Å². The van der Waals surface area contributed by atoms with Crippen LogP contribution in [0.3, 0.4) is 0 Å². The molecule has 0 bridgehead atoms. The van der Waals surface area contributed by atoms with E-state index < -0.39 is 0 Å². The zero-order chi connectivity index (χ0) is 8.91. The molecule has 0 radical (unpaired) electrons. The lowest BCUT2D eigenvalue weighted by atomic mass is 9.90. The van der Waals surface area contributed by atoms with Gasteiger partial charge in [-0.3, -0.25) is 0 Å². The zero-order valence-corrected chi connectivity index (χ0v) is 8.31. The number of hydrogen-bond acceptors (Lipinski definition) is 2. The maximum Gasteiger partial charge on any atom is 0.0704 e. The smallest absolute Gasteiger partial charge is 0.0704 e. The summed E-state index contributed by atoms with van der Waals surface area (Å²) >= 11 is 0. The summed E-state index contributed by atoms with van der Waals surface area (Å²) in [6, 6.07) is 0. The van der Waals surface area contributed by atoms with Gasteiger partial charge in [-0.15, -0.1) is 0 Å². The van der Waals surface area contributed by atoms with E-state index in [1.165, 1.54) is 0 Å². The maximum absolute atomic E-state index is 5.52. The molecule has 0 unspecified atom stereocenters. The van der Waals surface area contributed by atoms with Gasteiger partial charge in [-0.25, -0.2) is 0 Å². The van der Waals surface area contributed by atoms with Crippen LogP contribution in [0.5, 0.6) is 0 Å². The van der Waals surface area contributed by atoms with Gasteiger partial charge in [0.05, 0.1) is 19.3 Å². The van der Waals surface area contributed by atoms with E-state index in [0.29, 0.717) is 13.2 Å². The minimum atomic E-state index is 0.230. The van der Waals surface area contributed by atoms with E-state index in [1.54, 1.807) is 7.11 Å². The van der Waals surface area contributed by atoms with Gasteiger partial charge >= 0.3 is 0 Å². The minimum Gasteiger partial charge on any atom is -0.382 e. The molecule has 0 amide bonds. The summed E-state index contributed by atoms with van der Waals surface area (Å²) in [5, 5.41) is 0. The summed E-state index contributed by atoms with van der Waals surface area (Å²) < 4.78 is 10.4. The van der Waals surface area contributed by atoms with Gasteiger partial charge < -0.3 is 9.47 Å². The zero-order valence-electron chi connectivity index (χ0n) is 8.31. The summed E-state index contributed by atoms with van der Waals surface area (Å²) in [7, 11) is 1.69. The van der Waals surface area contributed by atoms with Crippen molar-refractivity contribution in [1.82, 2.24) is 0 Å². The molecule has 0 saturated heterocycles. The van der Waals surface area contributed by atoms with Crippen LogP contribution in [0.15, 0.2) is 0 Å². The van der Waals surface area contributed by atoms with Gasteiger partial charge in [0.2, 0.25) is 0 Å². The normalized spacial score (nSPS) is 15.0. The average molecular weight is 160 g/mol. The van der Waals surface area contributed by atoms with Crippen LogP contribution in [0, 0.1) is 5.41 Å². The minimum absolute atomic E-state index is 0.230.